The van der Waals surface area contributed by atoms with Gasteiger partial charge in [-0.1, -0.05) is 6.07 Å². The van der Waals surface area contributed by atoms with Gasteiger partial charge in [-0.25, -0.2) is 13.2 Å². The third-order valence-electron chi connectivity index (χ3n) is 5.24. The van der Waals surface area contributed by atoms with Crippen LogP contribution in [0.3, 0.4) is 0 Å². The normalized spacial score (nSPS) is 16.1. The van der Waals surface area contributed by atoms with Gasteiger partial charge in [0.15, 0.2) is 5.69 Å². The lowest BCUT2D eigenvalue weighted by Crippen LogP contribution is -2.47. The minimum atomic E-state index is -2.72. The number of amides is 1. The molecule has 4 rings (SSSR count). The van der Waals surface area contributed by atoms with Crippen LogP contribution >= 0.6 is 0 Å². The fraction of sp³-hybridized carbons (Fsp3) is 0.381. The Morgan fingerprint density at radius 3 is 2.70 bits per heavy atom. The van der Waals surface area contributed by atoms with Crippen LogP contribution in [0.25, 0.3) is 22.0 Å². The van der Waals surface area contributed by atoms with E-state index in [1.165, 1.54) is 6.07 Å². The molecule has 30 heavy (non-hydrogen) atoms. The number of aromatic nitrogens is 3. The number of alkyl halides is 2. The van der Waals surface area contributed by atoms with Crippen LogP contribution in [-0.4, -0.2) is 57.6 Å². The molecule has 6 nitrogen and oxygen atoms in total. The fourth-order valence-electron chi connectivity index (χ4n) is 3.82. The summed E-state index contributed by atoms with van der Waals surface area (Å²) >= 11 is 0. The summed E-state index contributed by atoms with van der Waals surface area (Å²) in [6, 6.07) is 6.64. The summed E-state index contributed by atoms with van der Waals surface area (Å²) in [5.74, 6) is -3.49. The predicted molar refractivity (Wildman–Crippen MR) is 107 cm³/mol. The third-order valence-corrected chi connectivity index (χ3v) is 5.24. The Kier molecular flexibility index (Phi) is 5.46. The van der Waals surface area contributed by atoms with E-state index in [2.05, 4.69) is 20.5 Å². The maximum absolute atomic E-state index is 13.5. The summed E-state index contributed by atoms with van der Waals surface area (Å²) in [6.45, 7) is 1.66. The summed E-state index contributed by atoms with van der Waals surface area (Å²) < 4.78 is 39.9. The largest absolute Gasteiger partial charge is 0.348 e. The van der Waals surface area contributed by atoms with Gasteiger partial charge < -0.3 is 5.32 Å². The van der Waals surface area contributed by atoms with Crippen LogP contribution < -0.4 is 5.32 Å². The second-order valence-electron chi connectivity index (χ2n) is 7.82. The zero-order chi connectivity index (χ0) is 21.3. The molecule has 3 aromatic rings. The van der Waals surface area contributed by atoms with E-state index < -0.39 is 11.7 Å². The van der Waals surface area contributed by atoms with Crippen molar-refractivity contribution in [1.29, 1.82) is 0 Å². The Morgan fingerprint density at radius 1 is 1.23 bits per heavy atom. The van der Waals surface area contributed by atoms with Gasteiger partial charge in [-0.2, -0.15) is 5.10 Å². The number of nitrogens with zero attached hydrogens (tertiary/aromatic N) is 3. The van der Waals surface area contributed by atoms with Crippen LogP contribution in [-0.2, 0) is 0 Å². The number of carbonyl (C=O) groups excluding carboxylic acids is 1. The van der Waals surface area contributed by atoms with E-state index in [9.17, 15) is 18.0 Å². The zero-order valence-corrected chi connectivity index (χ0v) is 16.5. The molecule has 0 spiro atoms. The number of pyridine rings is 1. The molecule has 1 saturated heterocycles. The molecule has 1 aliphatic rings. The number of piperidine rings is 1. The van der Waals surface area contributed by atoms with Crippen LogP contribution in [0.1, 0.15) is 30.3 Å². The van der Waals surface area contributed by atoms with Gasteiger partial charge in [0, 0.05) is 43.2 Å². The van der Waals surface area contributed by atoms with Gasteiger partial charge in [-0.3, -0.25) is 19.8 Å². The summed E-state index contributed by atoms with van der Waals surface area (Å²) in [5, 5.41) is 10.6. The lowest BCUT2D eigenvalue weighted by molar-refractivity contribution is -0.0205. The number of nitrogens with one attached hydrogen (secondary N) is 2. The fourth-order valence-corrected chi connectivity index (χ4v) is 3.82. The van der Waals surface area contributed by atoms with E-state index in [0.717, 1.165) is 18.7 Å². The van der Waals surface area contributed by atoms with Gasteiger partial charge >= 0.3 is 0 Å². The van der Waals surface area contributed by atoms with E-state index in [-0.39, 0.29) is 24.2 Å². The van der Waals surface area contributed by atoms with Gasteiger partial charge in [-0.15, -0.1) is 0 Å². The van der Waals surface area contributed by atoms with Crippen molar-refractivity contribution in [3.8, 4) is 11.1 Å². The highest BCUT2D eigenvalue weighted by Gasteiger charge is 2.29. The number of carbonyl (C=O) groups is 1. The van der Waals surface area contributed by atoms with Gasteiger partial charge in [0.25, 0.3) is 11.8 Å². The molecule has 1 aromatic carbocycles. The lowest BCUT2D eigenvalue weighted by Gasteiger charge is -2.33. The molecule has 0 radical (unpaired) electrons. The van der Waals surface area contributed by atoms with Gasteiger partial charge in [0.2, 0.25) is 0 Å². The van der Waals surface area contributed by atoms with Crippen molar-refractivity contribution >= 4 is 16.8 Å². The molecule has 158 valence electrons. The highest BCUT2D eigenvalue weighted by Crippen LogP contribution is 2.26. The van der Waals surface area contributed by atoms with Crippen LogP contribution in [0.5, 0.6) is 0 Å². The Labute approximate surface area is 171 Å². The SMILES string of the molecule is CC(F)(F)CN1CCC(NC(=O)c2n[nH]c3ccc(-c4cncc(F)c4)cc23)CC1. The summed E-state index contributed by atoms with van der Waals surface area (Å²) in [5.41, 5.74) is 2.26. The average Bonchev–Trinajstić information content (AvgIpc) is 3.12. The van der Waals surface area contributed by atoms with Gasteiger partial charge in [0.05, 0.1) is 18.3 Å². The molecular formula is C21H22F3N5O. The Hall–Kier alpha value is -2.94. The number of halogens is 3. The highest BCUT2D eigenvalue weighted by atomic mass is 19.3. The lowest BCUT2D eigenvalue weighted by atomic mass is 10.0. The minimum Gasteiger partial charge on any atom is -0.348 e. The molecule has 1 fully saturated rings. The monoisotopic (exact) mass is 417 g/mol. The van der Waals surface area contributed by atoms with Crippen molar-refractivity contribution in [2.75, 3.05) is 19.6 Å². The molecule has 1 amide bonds. The Balaban J connectivity index is 1.47. The molecule has 3 heterocycles. The Morgan fingerprint density at radius 2 is 2.00 bits per heavy atom. The second kappa shape index (κ2) is 8.06. The molecule has 0 bridgehead atoms. The maximum atomic E-state index is 13.5. The molecule has 0 atom stereocenters. The molecule has 2 aromatic heterocycles. The van der Waals surface area contributed by atoms with Crippen LogP contribution in [0.4, 0.5) is 13.2 Å². The van der Waals surface area contributed by atoms with Crippen molar-refractivity contribution in [3.05, 3.63) is 48.2 Å². The molecule has 0 aliphatic carbocycles. The first kappa shape index (κ1) is 20.3. The summed E-state index contributed by atoms with van der Waals surface area (Å²) in [7, 11) is 0. The number of H-pyrrole nitrogens is 1. The topological polar surface area (TPSA) is 73.9 Å². The standard InChI is InChI=1S/C21H22F3N5O/c1-21(23,24)12-29-6-4-16(5-7-29)26-20(30)19-17-9-13(2-3-18(17)27-28-19)14-8-15(22)11-25-10-14/h2-3,8-11,16H,4-7,12H2,1H3,(H,26,30)(H,27,28). The molecule has 9 heteroatoms. The second-order valence-corrected chi connectivity index (χ2v) is 7.82. The van der Waals surface area contributed by atoms with E-state index in [0.29, 0.717) is 42.4 Å². The summed E-state index contributed by atoms with van der Waals surface area (Å²) in [6.07, 6.45) is 3.89. The number of hydrogen-bond acceptors (Lipinski definition) is 4. The Bertz CT molecular complexity index is 1050. The third kappa shape index (κ3) is 4.62. The number of benzene rings is 1. The number of likely N-dealkylation sites (tertiary alicyclic amines) is 1. The minimum absolute atomic E-state index is 0.0958. The van der Waals surface area contributed by atoms with Crippen molar-refractivity contribution in [2.45, 2.75) is 31.7 Å². The average molecular weight is 417 g/mol. The van der Waals surface area contributed by atoms with Crippen molar-refractivity contribution < 1.29 is 18.0 Å². The quantitative estimate of drug-likeness (QED) is 0.665. The molecular weight excluding hydrogens is 395 g/mol. The first-order valence-corrected chi connectivity index (χ1v) is 9.78. The molecule has 0 unspecified atom stereocenters. The molecule has 1 aliphatic heterocycles. The van der Waals surface area contributed by atoms with Crippen molar-refractivity contribution in [2.24, 2.45) is 0 Å². The highest BCUT2D eigenvalue weighted by molar-refractivity contribution is 6.05. The van der Waals surface area contributed by atoms with Crippen molar-refractivity contribution in [3.63, 3.8) is 0 Å². The molecule has 0 saturated carbocycles. The van der Waals surface area contributed by atoms with Gasteiger partial charge in [0.1, 0.15) is 5.82 Å². The van der Waals surface area contributed by atoms with E-state index >= 15 is 0 Å². The number of fused-ring (bicyclic) bond motifs is 1. The first-order valence-electron chi connectivity index (χ1n) is 9.78. The number of rotatable bonds is 5. The van der Waals surface area contributed by atoms with Crippen molar-refractivity contribution in [1.82, 2.24) is 25.4 Å². The first-order chi connectivity index (χ1) is 14.3. The summed E-state index contributed by atoms with van der Waals surface area (Å²) in [4.78, 5) is 18.4. The molecule has 2 N–H and O–H groups in total. The predicted octanol–water partition coefficient (Wildman–Crippen LogP) is 3.61. The zero-order valence-electron chi connectivity index (χ0n) is 16.5. The number of hydrogen-bond donors (Lipinski definition) is 2. The van der Waals surface area contributed by atoms with Crippen LogP contribution in [0.15, 0.2) is 36.7 Å². The maximum Gasteiger partial charge on any atom is 0.272 e. The van der Waals surface area contributed by atoms with Gasteiger partial charge in [-0.05, 0) is 36.6 Å². The van der Waals surface area contributed by atoms with Crippen LogP contribution in [0.2, 0.25) is 0 Å². The van der Waals surface area contributed by atoms with E-state index in [4.69, 9.17) is 0 Å². The van der Waals surface area contributed by atoms with E-state index in [1.54, 1.807) is 29.3 Å². The van der Waals surface area contributed by atoms with Crippen LogP contribution in [0, 0.1) is 5.82 Å². The smallest absolute Gasteiger partial charge is 0.272 e. The number of aromatic amines is 1. The van der Waals surface area contributed by atoms with E-state index in [1.807, 2.05) is 0 Å².